The van der Waals surface area contributed by atoms with E-state index in [9.17, 15) is 9.59 Å². The lowest BCUT2D eigenvalue weighted by Crippen LogP contribution is -1.95. The van der Waals surface area contributed by atoms with E-state index in [-0.39, 0.29) is 11.9 Å². The lowest BCUT2D eigenvalue weighted by molar-refractivity contribution is -0.141. The van der Waals surface area contributed by atoms with E-state index in [0.717, 1.165) is 0 Å². The summed E-state index contributed by atoms with van der Waals surface area (Å²) in [5.41, 5.74) is 0. The van der Waals surface area contributed by atoms with Crippen LogP contribution in [-0.4, -0.2) is 25.2 Å². The molecule has 324 valence electrons. The minimum absolute atomic E-state index is 0.211. The highest BCUT2D eigenvalue weighted by molar-refractivity contribution is 5.66. The fraction of sp³-hybridized carbons (Fsp3) is 0.960. The molecule has 7 saturated carbocycles. The molecule has 0 saturated heterocycles. The van der Waals surface area contributed by atoms with Gasteiger partial charge in [-0.3, -0.25) is 9.59 Å². The Balaban J connectivity index is 0. The number of hydrogen-bond donors (Lipinski definition) is 0. The van der Waals surface area contributed by atoms with Crippen LogP contribution in [0.15, 0.2) is 0 Å². The van der Waals surface area contributed by atoms with Crippen molar-refractivity contribution in [2.24, 2.45) is 0 Å². The van der Waals surface area contributed by atoms with Crippen molar-refractivity contribution in [3.63, 3.8) is 0 Å². The number of ether oxygens (including phenoxy) is 2. The third-order valence-corrected chi connectivity index (χ3v) is 11.2. The molecule has 7 fully saturated rings. The minimum Gasteiger partial charge on any atom is -0.466 e. The van der Waals surface area contributed by atoms with E-state index in [1.165, 1.54) is 284 Å². The fourth-order valence-electron chi connectivity index (χ4n) is 7.83. The Labute approximate surface area is 340 Å². The summed E-state index contributed by atoms with van der Waals surface area (Å²) >= 11 is 0. The van der Waals surface area contributed by atoms with Gasteiger partial charge in [-0.1, -0.05) is 270 Å². The molecule has 0 aromatic rings. The van der Waals surface area contributed by atoms with Gasteiger partial charge in [0, 0.05) is 13.8 Å². The van der Waals surface area contributed by atoms with E-state index >= 15 is 0 Å². The molecule has 0 spiro atoms. The first kappa shape index (κ1) is 55.0. The number of hydrogen-bond acceptors (Lipinski definition) is 4. The molecule has 7 aliphatic carbocycles. The van der Waals surface area contributed by atoms with Gasteiger partial charge in [0.1, 0.15) is 0 Å². The zero-order valence-electron chi connectivity index (χ0n) is 37.7. The molecule has 0 heterocycles. The van der Waals surface area contributed by atoms with Crippen LogP contribution in [0.2, 0.25) is 0 Å². The zero-order valence-corrected chi connectivity index (χ0v) is 37.7. The smallest absolute Gasteiger partial charge is 0.302 e. The van der Waals surface area contributed by atoms with Gasteiger partial charge in [-0.25, -0.2) is 0 Å². The van der Waals surface area contributed by atoms with Gasteiger partial charge in [-0.05, 0) is 13.8 Å². The topological polar surface area (TPSA) is 52.6 Å². The number of carbonyl (C=O) groups is 2. The first-order valence-electron chi connectivity index (χ1n) is 24.8. The van der Waals surface area contributed by atoms with Crippen LogP contribution in [0.5, 0.6) is 0 Å². The molecule has 0 radical (unpaired) electrons. The fourth-order valence-corrected chi connectivity index (χ4v) is 7.83. The van der Waals surface area contributed by atoms with Gasteiger partial charge in [0.15, 0.2) is 0 Å². The third kappa shape index (κ3) is 57.7. The lowest BCUT2D eigenvalue weighted by Gasteiger charge is -2.05. The number of rotatable bonds is 2. The molecular formula is C50H100O4. The van der Waals surface area contributed by atoms with E-state index in [0.29, 0.717) is 13.2 Å². The molecule has 7 rings (SSSR count). The second-order valence-electron chi connectivity index (χ2n) is 16.7. The van der Waals surface area contributed by atoms with Crippen molar-refractivity contribution in [3.8, 4) is 0 Å². The Kier molecular flexibility index (Phi) is 52.9. The van der Waals surface area contributed by atoms with E-state index in [4.69, 9.17) is 0 Å². The summed E-state index contributed by atoms with van der Waals surface area (Å²) in [6, 6.07) is 0. The maximum absolute atomic E-state index is 9.82. The van der Waals surface area contributed by atoms with E-state index in [1.54, 1.807) is 13.8 Å². The molecule has 0 aliphatic heterocycles. The molecule has 0 amide bonds. The van der Waals surface area contributed by atoms with Crippen molar-refractivity contribution < 1.29 is 19.1 Å². The summed E-state index contributed by atoms with van der Waals surface area (Å²) in [4.78, 5) is 19.6. The van der Waals surface area contributed by atoms with Crippen molar-refractivity contribution in [1.29, 1.82) is 0 Å². The zero-order chi connectivity index (χ0) is 39.7. The van der Waals surface area contributed by atoms with Gasteiger partial charge in [0.25, 0.3) is 0 Å². The highest BCUT2D eigenvalue weighted by Gasteiger charge is 1.99. The van der Waals surface area contributed by atoms with Crippen molar-refractivity contribution in [2.45, 2.75) is 297 Å². The Morgan fingerprint density at radius 3 is 0.333 bits per heavy atom. The van der Waals surface area contributed by atoms with Gasteiger partial charge in [-0.2, -0.15) is 0 Å². The van der Waals surface area contributed by atoms with Crippen molar-refractivity contribution in [1.82, 2.24) is 0 Å². The van der Waals surface area contributed by atoms with Crippen LogP contribution in [0.4, 0.5) is 0 Å². The van der Waals surface area contributed by atoms with Gasteiger partial charge in [0.05, 0.1) is 13.2 Å². The summed E-state index contributed by atoms with van der Waals surface area (Å²) < 4.78 is 8.81. The molecule has 0 unspecified atom stereocenters. The summed E-state index contributed by atoms with van der Waals surface area (Å²) in [5.74, 6) is -0.421. The van der Waals surface area contributed by atoms with Gasteiger partial charge >= 0.3 is 11.9 Å². The first-order chi connectivity index (χ1) is 26.5. The van der Waals surface area contributed by atoms with Crippen LogP contribution in [0.1, 0.15) is 297 Å². The summed E-state index contributed by atoms with van der Waals surface area (Å²) in [6.45, 7) is 7.31. The van der Waals surface area contributed by atoms with Crippen LogP contribution in [0, 0.1) is 0 Å². The Bertz CT molecular complexity index is 450. The average Bonchev–Trinajstić information content (AvgIpc) is 3.27. The van der Waals surface area contributed by atoms with E-state index in [2.05, 4.69) is 9.47 Å². The van der Waals surface area contributed by atoms with Crippen molar-refractivity contribution in [2.75, 3.05) is 13.2 Å². The molecule has 7 aliphatic rings. The SMILES string of the molecule is C1CCCCC1.C1CCCCC1.C1CCCCC1.C1CCCCC1.C1CCCCC1.C1CCCCC1.C1CCCCC1.CCOC(C)=O.CCOC(C)=O. The molecule has 4 nitrogen and oxygen atoms in total. The van der Waals surface area contributed by atoms with Gasteiger partial charge in [0.2, 0.25) is 0 Å². The Morgan fingerprint density at radius 2 is 0.315 bits per heavy atom. The monoisotopic (exact) mass is 765 g/mol. The largest absolute Gasteiger partial charge is 0.466 e. The van der Waals surface area contributed by atoms with Crippen LogP contribution >= 0.6 is 0 Å². The van der Waals surface area contributed by atoms with E-state index in [1.807, 2.05) is 0 Å². The predicted octanol–water partition coefficient (Wildman–Crippen LogP) is 17.5. The second kappa shape index (κ2) is 51.9. The van der Waals surface area contributed by atoms with E-state index < -0.39 is 0 Å². The quantitative estimate of drug-likeness (QED) is 0.263. The van der Waals surface area contributed by atoms with Crippen molar-refractivity contribution >= 4 is 11.9 Å². The van der Waals surface area contributed by atoms with Gasteiger partial charge in [-0.15, -0.1) is 0 Å². The van der Waals surface area contributed by atoms with Crippen LogP contribution < -0.4 is 0 Å². The average molecular weight is 765 g/mol. The third-order valence-electron chi connectivity index (χ3n) is 11.2. The summed E-state index contributed by atoms with van der Waals surface area (Å²) in [7, 11) is 0. The molecule has 0 bridgehead atoms. The highest BCUT2D eigenvalue weighted by atomic mass is 16.5. The Morgan fingerprint density at radius 1 is 0.241 bits per heavy atom. The summed E-state index contributed by atoms with van der Waals surface area (Å²) in [5, 5.41) is 0. The Hall–Kier alpha value is -1.06. The summed E-state index contributed by atoms with van der Waals surface area (Å²) in [6.07, 6.45) is 63.0. The molecular weight excluding hydrogens is 665 g/mol. The predicted molar refractivity (Wildman–Crippen MR) is 239 cm³/mol. The molecule has 0 aromatic heterocycles. The number of carbonyl (C=O) groups excluding carboxylic acids is 2. The lowest BCUT2D eigenvalue weighted by atomic mass is 10.0. The maximum atomic E-state index is 9.82. The minimum atomic E-state index is -0.211. The van der Waals surface area contributed by atoms with Gasteiger partial charge < -0.3 is 9.47 Å². The van der Waals surface area contributed by atoms with Crippen LogP contribution in [-0.2, 0) is 19.1 Å². The molecule has 4 heteroatoms. The highest BCUT2D eigenvalue weighted by Crippen LogP contribution is 2.18. The standard InChI is InChI=1S/7C6H12.2C4H8O2/c7*1-2-4-6-5-3-1;2*1-3-6-4(2)5/h7*1-6H2;2*3H2,1-2H3. The molecule has 54 heavy (non-hydrogen) atoms. The maximum Gasteiger partial charge on any atom is 0.302 e. The number of esters is 2. The molecule has 0 N–H and O–H groups in total. The second-order valence-corrected chi connectivity index (χ2v) is 16.7. The normalized spacial score (nSPS) is 20.4. The van der Waals surface area contributed by atoms with Crippen LogP contribution in [0.3, 0.4) is 0 Å². The molecule has 0 aromatic carbocycles. The van der Waals surface area contributed by atoms with Crippen molar-refractivity contribution in [3.05, 3.63) is 0 Å². The van der Waals surface area contributed by atoms with Crippen LogP contribution in [0.25, 0.3) is 0 Å². The molecule has 0 atom stereocenters. The first-order valence-corrected chi connectivity index (χ1v) is 24.8.